The van der Waals surface area contributed by atoms with Crippen LogP contribution in [0, 0.1) is 0 Å². The fourth-order valence-electron chi connectivity index (χ4n) is 1.97. The summed E-state index contributed by atoms with van der Waals surface area (Å²) in [5.41, 5.74) is 5.89. The van der Waals surface area contributed by atoms with Gasteiger partial charge in [-0.15, -0.1) is 0 Å². The normalized spacial score (nSPS) is 13.3. The van der Waals surface area contributed by atoms with Crippen LogP contribution in [0.3, 0.4) is 0 Å². The Balaban J connectivity index is 2.86. The highest BCUT2D eigenvalue weighted by Crippen LogP contribution is 2.32. The Kier molecular flexibility index (Phi) is 6.77. The Labute approximate surface area is 120 Å². The summed E-state index contributed by atoms with van der Waals surface area (Å²) >= 11 is 6.81. The van der Waals surface area contributed by atoms with Crippen LogP contribution in [0.4, 0.5) is 0 Å². The van der Waals surface area contributed by atoms with Crippen molar-refractivity contribution in [1.82, 2.24) is 4.90 Å². The zero-order valence-electron chi connectivity index (χ0n) is 10.4. The van der Waals surface area contributed by atoms with E-state index in [1.54, 1.807) is 0 Å². The monoisotopic (exact) mass is 366 g/mol. The van der Waals surface area contributed by atoms with Crippen LogP contribution in [-0.4, -0.2) is 24.5 Å². The van der Waals surface area contributed by atoms with Crippen molar-refractivity contribution in [2.45, 2.75) is 32.7 Å². The molecule has 1 heterocycles. The lowest BCUT2D eigenvalue weighted by atomic mass is 10.1. The molecule has 0 spiro atoms. The van der Waals surface area contributed by atoms with Crippen LogP contribution in [-0.2, 0) is 0 Å². The van der Waals surface area contributed by atoms with E-state index < -0.39 is 0 Å². The number of nitrogens with zero attached hydrogens (tertiary/aromatic N) is 1. The maximum absolute atomic E-state index is 5.89. The molecule has 0 saturated heterocycles. The first-order chi connectivity index (χ1) is 8.13. The fourth-order valence-corrected chi connectivity index (χ4v) is 2.58. The molecule has 0 saturated carbocycles. The van der Waals surface area contributed by atoms with Crippen LogP contribution in [0.25, 0.3) is 0 Å². The number of rotatable bonds is 7. The van der Waals surface area contributed by atoms with Crippen molar-refractivity contribution in [3.63, 3.8) is 0 Å². The molecule has 98 valence electrons. The highest BCUT2D eigenvalue weighted by Gasteiger charge is 2.22. The summed E-state index contributed by atoms with van der Waals surface area (Å²) < 4.78 is 7.37. The van der Waals surface area contributed by atoms with E-state index in [4.69, 9.17) is 10.2 Å². The summed E-state index contributed by atoms with van der Waals surface area (Å²) in [5, 5.41) is 0. The van der Waals surface area contributed by atoms with Gasteiger partial charge in [0.25, 0.3) is 0 Å². The van der Waals surface area contributed by atoms with Gasteiger partial charge in [0.05, 0.1) is 10.5 Å². The van der Waals surface area contributed by atoms with Gasteiger partial charge in [-0.2, -0.15) is 0 Å². The van der Waals surface area contributed by atoms with E-state index in [2.05, 4.69) is 50.6 Å². The van der Waals surface area contributed by atoms with Crippen molar-refractivity contribution in [3.05, 3.63) is 21.0 Å². The molecule has 0 radical (unpaired) electrons. The lowest BCUT2D eigenvalue weighted by Gasteiger charge is -2.28. The Morgan fingerprint density at radius 1 is 1.29 bits per heavy atom. The van der Waals surface area contributed by atoms with Crippen LogP contribution in [0.15, 0.2) is 19.6 Å². The van der Waals surface area contributed by atoms with E-state index in [0.717, 1.165) is 40.8 Å². The Morgan fingerprint density at radius 3 is 2.24 bits per heavy atom. The zero-order valence-corrected chi connectivity index (χ0v) is 13.6. The minimum atomic E-state index is 0.164. The number of nitrogens with two attached hydrogens (primary N) is 1. The second-order valence-electron chi connectivity index (χ2n) is 4.06. The number of halogens is 2. The summed E-state index contributed by atoms with van der Waals surface area (Å²) in [6, 6.07) is 2.16. The molecular weight excluding hydrogens is 348 g/mol. The molecule has 0 aromatic carbocycles. The van der Waals surface area contributed by atoms with Gasteiger partial charge in [0.1, 0.15) is 5.76 Å². The molecule has 0 bridgehead atoms. The van der Waals surface area contributed by atoms with Gasteiger partial charge in [0, 0.05) is 6.54 Å². The van der Waals surface area contributed by atoms with E-state index in [1.165, 1.54) is 0 Å². The first-order valence-electron chi connectivity index (χ1n) is 6.02. The fraction of sp³-hybridized carbons (Fsp3) is 0.667. The highest BCUT2D eigenvalue weighted by molar-refractivity contribution is 9.13. The van der Waals surface area contributed by atoms with Crippen molar-refractivity contribution >= 4 is 31.9 Å². The number of hydrogen-bond acceptors (Lipinski definition) is 3. The van der Waals surface area contributed by atoms with E-state index in [-0.39, 0.29) is 6.04 Å². The molecule has 1 aromatic rings. The third-order valence-electron chi connectivity index (χ3n) is 2.68. The van der Waals surface area contributed by atoms with Crippen molar-refractivity contribution in [2.75, 3.05) is 19.6 Å². The van der Waals surface area contributed by atoms with E-state index in [1.807, 2.05) is 6.07 Å². The Bertz CT molecular complexity index is 316. The summed E-state index contributed by atoms with van der Waals surface area (Å²) in [6.45, 7) is 7.04. The van der Waals surface area contributed by atoms with Crippen LogP contribution in [0.5, 0.6) is 0 Å². The van der Waals surface area contributed by atoms with Crippen LogP contribution < -0.4 is 5.73 Å². The van der Waals surface area contributed by atoms with Crippen molar-refractivity contribution in [2.24, 2.45) is 5.73 Å². The van der Waals surface area contributed by atoms with Crippen LogP contribution in [0.2, 0.25) is 0 Å². The van der Waals surface area contributed by atoms with Gasteiger partial charge in [0.2, 0.25) is 0 Å². The lowest BCUT2D eigenvalue weighted by molar-refractivity contribution is 0.178. The standard InChI is InChI=1S/C12H20Br2N2O/c1-3-5-16(6-4-2)10(8-15)11-7-9(13)12(14)17-11/h7,10H,3-6,8,15H2,1-2H3. The molecule has 0 aliphatic carbocycles. The third kappa shape index (κ3) is 4.09. The molecule has 17 heavy (non-hydrogen) atoms. The average Bonchev–Trinajstić information content (AvgIpc) is 2.61. The van der Waals surface area contributed by atoms with Crippen molar-refractivity contribution in [3.8, 4) is 0 Å². The second-order valence-corrected chi connectivity index (χ2v) is 5.63. The molecule has 5 heteroatoms. The summed E-state index contributed by atoms with van der Waals surface area (Å²) in [5.74, 6) is 0.924. The lowest BCUT2D eigenvalue weighted by Crippen LogP contribution is -2.34. The molecule has 1 unspecified atom stereocenters. The average molecular weight is 368 g/mol. The number of furan rings is 1. The molecule has 0 aliphatic heterocycles. The van der Waals surface area contributed by atoms with E-state index in [0.29, 0.717) is 6.54 Å². The quantitative estimate of drug-likeness (QED) is 0.793. The van der Waals surface area contributed by atoms with Gasteiger partial charge >= 0.3 is 0 Å². The molecule has 0 amide bonds. The SMILES string of the molecule is CCCN(CCC)C(CN)c1cc(Br)c(Br)o1. The molecule has 1 aromatic heterocycles. The molecular formula is C12H20Br2N2O. The molecule has 3 nitrogen and oxygen atoms in total. The first kappa shape index (κ1) is 15.2. The van der Waals surface area contributed by atoms with Crippen LogP contribution >= 0.6 is 31.9 Å². The zero-order chi connectivity index (χ0) is 12.8. The second kappa shape index (κ2) is 7.56. The van der Waals surface area contributed by atoms with Crippen molar-refractivity contribution < 1.29 is 4.42 Å². The maximum atomic E-state index is 5.89. The van der Waals surface area contributed by atoms with Gasteiger partial charge in [-0.3, -0.25) is 4.90 Å². The minimum Gasteiger partial charge on any atom is -0.451 e. The summed E-state index contributed by atoms with van der Waals surface area (Å²) in [4.78, 5) is 2.39. The predicted octanol–water partition coefficient (Wildman–Crippen LogP) is 3.93. The van der Waals surface area contributed by atoms with Crippen molar-refractivity contribution in [1.29, 1.82) is 0 Å². The minimum absolute atomic E-state index is 0.164. The van der Waals surface area contributed by atoms with E-state index in [9.17, 15) is 0 Å². The van der Waals surface area contributed by atoms with E-state index >= 15 is 0 Å². The van der Waals surface area contributed by atoms with Gasteiger partial charge in [-0.1, -0.05) is 13.8 Å². The van der Waals surface area contributed by atoms with Gasteiger partial charge in [0.15, 0.2) is 4.67 Å². The summed E-state index contributed by atoms with van der Waals surface area (Å²) in [7, 11) is 0. The van der Waals surface area contributed by atoms with Gasteiger partial charge < -0.3 is 10.2 Å². The Morgan fingerprint density at radius 2 is 1.88 bits per heavy atom. The number of hydrogen-bond donors (Lipinski definition) is 1. The Hall–Kier alpha value is 0.160. The predicted molar refractivity (Wildman–Crippen MR) is 78.1 cm³/mol. The molecule has 0 aliphatic rings. The third-order valence-corrected chi connectivity index (χ3v) is 4.39. The highest BCUT2D eigenvalue weighted by atomic mass is 79.9. The molecule has 2 N–H and O–H groups in total. The topological polar surface area (TPSA) is 42.4 Å². The summed E-state index contributed by atoms with van der Waals surface area (Å²) in [6.07, 6.45) is 2.25. The molecule has 1 atom stereocenters. The first-order valence-corrected chi connectivity index (χ1v) is 7.61. The maximum Gasteiger partial charge on any atom is 0.183 e. The molecule has 0 fully saturated rings. The smallest absolute Gasteiger partial charge is 0.183 e. The van der Waals surface area contributed by atoms with Gasteiger partial charge in [-0.05, 0) is 63.9 Å². The molecule has 1 rings (SSSR count). The van der Waals surface area contributed by atoms with Crippen LogP contribution in [0.1, 0.15) is 38.5 Å². The largest absolute Gasteiger partial charge is 0.451 e. The van der Waals surface area contributed by atoms with Gasteiger partial charge in [-0.25, -0.2) is 0 Å².